The summed E-state index contributed by atoms with van der Waals surface area (Å²) in [5, 5.41) is 9.28. The van der Waals surface area contributed by atoms with E-state index in [1.165, 1.54) is 24.0 Å². The van der Waals surface area contributed by atoms with Gasteiger partial charge in [0.25, 0.3) is 0 Å². The Bertz CT molecular complexity index is 507. The van der Waals surface area contributed by atoms with Crippen LogP contribution in [0.5, 0.6) is 5.75 Å². The minimum absolute atomic E-state index is 0.284. The minimum atomic E-state index is -0.782. The lowest BCUT2D eigenvalue weighted by molar-refractivity contribution is -0.150. The molecule has 1 atom stereocenters. The molecule has 0 amide bonds. The van der Waals surface area contributed by atoms with Gasteiger partial charge in [-0.1, -0.05) is 12.1 Å². The van der Waals surface area contributed by atoms with E-state index < -0.39 is 11.4 Å². The van der Waals surface area contributed by atoms with Crippen molar-refractivity contribution in [1.82, 2.24) is 0 Å². The van der Waals surface area contributed by atoms with E-state index in [0.29, 0.717) is 6.42 Å². The zero-order chi connectivity index (χ0) is 12.8. The van der Waals surface area contributed by atoms with E-state index in [0.717, 1.165) is 24.2 Å². The van der Waals surface area contributed by atoms with Crippen LogP contribution in [-0.2, 0) is 24.1 Å². The molecule has 0 saturated carbocycles. The number of fused-ring (bicyclic) bond motifs is 3. The predicted molar refractivity (Wildman–Crippen MR) is 68.0 cm³/mol. The van der Waals surface area contributed by atoms with E-state index in [1.54, 1.807) is 6.92 Å². The van der Waals surface area contributed by atoms with Crippen LogP contribution in [0, 0.1) is 5.41 Å². The standard InChI is InChI=1S/C15H18O3/c1-15(14(16)17)8-11-7-6-10-4-2-3-5-12(10)13(11)18-9-15/h6-7H,2-5,8-9H2,1H3,(H,16,17). The number of ether oxygens (including phenoxy) is 1. The average Bonchev–Trinajstić information content (AvgIpc) is 2.38. The summed E-state index contributed by atoms with van der Waals surface area (Å²) >= 11 is 0. The van der Waals surface area contributed by atoms with Crippen molar-refractivity contribution in [2.45, 2.75) is 39.0 Å². The van der Waals surface area contributed by atoms with Gasteiger partial charge in [0.2, 0.25) is 0 Å². The van der Waals surface area contributed by atoms with E-state index in [2.05, 4.69) is 12.1 Å². The van der Waals surface area contributed by atoms with Crippen LogP contribution in [0.15, 0.2) is 12.1 Å². The monoisotopic (exact) mass is 246 g/mol. The van der Waals surface area contributed by atoms with Crippen molar-refractivity contribution in [2.24, 2.45) is 5.41 Å². The van der Waals surface area contributed by atoms with Crippen LogP contribution in [0.25, 0.3) is 0 Å². The first-order valence-corrected chi connectivity index (χ1v) is 6.60. The summed E-state index contributed by atoms with van der Waals surface area (Å²) in [5.41, 5.74) is 2.99. The van der Waals surface area contributed by atoms with E-state index >= 15 is 0 Å². The molecule has 1 heterocycles. The maximum absolute atomic E-state index is 11.3. The Kier molecular flexibility index (Phi) is 2.58. The Labute approximate surface area is 107 Å². The first-order valence-electron chi connectivity index (χ1n) is 6.60. The fourth-order valence-electron chi connectivity index (χ4n) is 3.00. The average molecular weight is 246 g/mol. The molecule has 0 aromatic heterocycles. The molecule has 1 unspecified atom stereocenters. The highest BCUT2D eigenvalue weighted by atomic mass is 16.5. The highest BCUT2D eigenvalue weighted by Gasteiger charge is 2.39. The fourth-order valence-corrected chi connectivity index (χ4v) is 3.00. The van der Waals surface area contributed by atoms with Gasteiger partial charge >= 0.3 is 5.97 Å². The maximum Gasteiger partial charge on any atom is 0.313 e. The van der Waals surface area contributed by atoms with Gasteiger partial charge in [-0.3, -0.25) is 4.79 Å². The largest absolute Gasteiger partial charge is 0.492 e. The van der Waals surface area contributed by atoms with Gasteiger partial charge in [0, 0.05) is 0 Å². The molecular weight excluding hydrogens is 228 g/mol. The zero-order valence-electron chi connectivity index (χ0n) is 10.7. The van der Waals surface area contributed by atoms with Crippen LogP contribution in [0.2, 0.25) is 0 Å². The summed E-state index contributed by atoms with van der Waals surface area (Å²) in [6, 6.07) is 4.21. The Morgan fingerprint density at radius 2 is 2.00 bits per heavy atom. The smallest absolute Gasteiger partial charge is 0.313 e. The number of aliphatic carboxylic acids is 1. The van der Waals surface area contributed by atoms with Crippen molar-refractivity contribution in [3.05, 3.63) is 28.8 Å². The molecule has 3 heteroatoms. The first kappa shape index (κ1) is 11.6. The molecule has 1 aromatic carbocycles. The molecule has 2 aliphatic rings. The van der Waals surface area contributed by atoms with Crippen molar-refractivity contribution in [3.63, 3.8) is 0 Å². The second-order valence-electron chi connectivity index (χ2n) is 5.73. The third-order valence-electron chi connectivity index (χ3n) is 4.19. The molecule has 1 aromatic rings. The lowest BCUT2D eigenvalue weighted by Crippen LogP contribution is -2.39. The van der Waals surface area contributed by atoms with E-state index in [9.17, 15) is 9.90 Å². The molecule has 1 aliphatic heterocycles. The number of carboxylic acids is 1. The Morgan fingerprint density at radius 3 is 2.78 bits per heavy atom. The van der Waals surface area contributed by atoms with E-state index in [1.807, 2.05) is 0 Å². The molecular formula is C15H18O3. The summed E-state index contributed by atoms with van der Waals surface area (Å²) in [4.78, 5) is 11.3. The fraction of sp³-hybridized carbons (Fsp3) is 0.533. The summed E-state index contributed by atoms with van der Waals surface area (Å²) < 4.78 is 5.82. The van der Waals surface area contributed by atoms with Gasteiger partial charge in [0.15, 0.2) is 0 Å². The van der Waals surface area contributed by atoms with Gasteiger partial charge in [0.1, 0.15) is 17.8 Å². The lowest BCUT2D eigenvalue weighted by Gasteiger charge is -2.33. The SMILES string of the molecule is CC1(C(=O)O)COc2c(ccc3c2CCCC3)C1. The highest BCUT2D eigenvalue weighted by Crippen LogP contribution is 2.40. The molecule has 18 heavy (non-hydrogen) atoms. The Hall–Kier alpha value is -1.51. The number of hydrogen-bond acceptors (Lipinski definition) is 2. The van der Waals surface area contributed by atoms with Crippen molar-refractivity contribution in [1.29, 1.82) is 0 Å². The molecule has 0 saturated heterocycles. The third-order valence-corrected chi connectivity index (χ3v) is 4.19. The third kappa shape index (κ3) is 1.69. The summed E-state index contributed by atoms with van der Waals surface area (Å²) in [7, 11) is 0. The number of hydrogen-bond donors (Lipinski definition) is 1. The molecule has 0 radical (unpaired) electrons. The van der Waals surface area contributed by atoms with Crippen LogP contribution in [-0.4, -0.2) is 17.7 Å². The van der Waals surface area contributed by atoms with Gasteiger partial charge in [0.05, 0.1) is 0 Å². The van der Waals surface area contributed by atoms with Crippen LogP contribution in [0.4, 0.5) is 0 Å². The van der Waals surface area contributed by atoms with Crippen LogP contribution in [0.1, 0.15) is 36.5 Å². The Balaban J connectivity index is 2.01. The number of rotatable bonds is 1. The predicted octanol–water partition coefficient (Wildman–Crippen LogP) is 2.59. The van der Waals surface area contributed by atoms with Crippen molar-refractivity contribution >= 4 is 5.97 Å². The molecule has 0 spiro atoms. The lowest BCUT2D eigenvalue weighted by atomic mass is 9.79. The molecule has 1 N–H and O–H groups in total. The highest BCUT2D eigenvalue weighted by molar-refractivity contribution is 5.75. The van der Waals surface area contributed by atoms with Gasteiger partial charge in [-0.15, -0.1) is 0 Å². The molecule has 3 nitrogen and oxygen atoms in total. The van der Waals surface area contributed by atoms with Gasteiger partial charge in [-0.2, -0.15) is 0 Å². The minimum Gasteiger partial charge on any atom is -0.492 e. The number of carbonyl (C=O) groups is 1. The summed E-state index contributed by atoms with van der Waals surface area (Å²) in [6.07, 6.45) is 5.23. The second-order valence-corrected chi connectivity index (χ2v) is 5.73. The maximum atomic E-state index is 11.3. The van der Waals surface area contributed by atoms with Crippen molar-refractivity contribution in [3.8, 4) is 5.75 Å². The number of aryl methyl sites for hydroxylation is 1. The van der Waals surface area contributed by atoms with E-state index in [-0.39, 0.29) is 6.61 Å². The van der Waals surface area contributed by atoms with Crippen LogP contribution >= 0.6 is 0 Å². The topological polar surface area (TPSA) is 46.5 Å². The van der Waals surface area contributed by atoms with Crippen LogP contribution < -0.4 is 4.74 Å². The summed E-state index contributed by atoms with van der Waals surface area (Å²) in [5.74, 6) is 0.205. The van der Waals surface area contributed by atoms with E-state index in [4.69, 9.17) is 4.74 Å². The Morgan fingerprint density at radius 1 is 1.28 bits per heavy atom. The molecule has 3 rings (SSSR count). The van der Waals surface area contributed by atoms with Gasteiger partial charge in [-0.05, 0) is 55.7 Å². The van der Waals surface area contributed by atoms with Crippen LogP contribution in [0.3, 0.4) is 0 Å². The molecule has 1 aliphatic carbocycles. The zero-order valence-corrected chi connectivity index (χ0v) is 10.7. The molecule has 0 fully saturated rings. The quantitative estimate of drug-likeness (QED) is 0.828. The normalized spacial score (nSPS) is 25.8. The number of benzene rings is 1. The van der Waals surface area contributed by atoms with Gasteiger partial charge < -0.3 is 9.84 Å². The number of carboxylic acid groups (broad SMARTS) is 1. The first-order chi connectivity index (χ1) is 8.60. The second kappa shape index (κ2) is 4.01. The van der Waals surface area contributed by atoms with Crippen molar-refractivity contribution < 1.29 is 14.6 Å². The van der Waals surface area contributed by atoms with Gasteiger partial charge in [-0.25, -0.2) is 0 Å². The summed E-state index contributed by atoms with van der Waals surface area (Å²) in [6.45, 7) is 2.05. The molecule has 0 bridgehead atoms. The molecule has 96 valence electrons. The van der Waals surface area contributed by atoms with Crippen molar-refractivity contribution in [2.75, 3.05) is 6.61 Å².